The molecule has 0 fully saturated rings. The smallest absolute Gasteiger partial charge is 0.162 e. The van der Waals surface area contributed by atoms with E-state index in [0.29, 0.717) is 13.2 Å². The average Bonchev–Trinajstić information content (AvgIpc) is 2.87. The highest BCUT2D eigenvalue weighted by molar-refractivity contribution is 7.15. The first-order valence-corrected chi connectivity index (χ1v) is 7.36. The molecule has 0 spiro atoms. The van der Waals surface area contributed by atoms with Crippen LogP contribution in [0.2, 0.25) is 0 Å². The maximum atomic E-state index is 5.64. The van der Waals surface area contributed by atoms with Gasteiger partial charge in [-0.25, -0.2) is 0 Å². The molecule has 1 aromatic heterocycles. The summed E-state index contributed by atoms with van der Waals surface area (Å²) in [6.07, 6.45) is 0. The first-order valence-electron chi connectivity index (χ1n) is 6.54. The molecule has 2 heterocycles. The summed E-state index contributed by atoms with van der Waals surface area (Å²) in [6.45, 7) is 8.00. The zero-order valence-corrected chi connectivity index (χ0v) is 12.3. The van der Waals surface area contributed by atoms with E-state index in [1.807, 2.05) is 17.4 Å². The summed E-state index contributed by atoms with van der Waals surface area (Å²) in [5.41, 5.74) is 1.40. The van der Waals surface area contributed by atoms with Crippen molar-refractivity contribution in [2.75, 3.05) is 13.2 Å². The van der Waals surface area contributed by atoms with Crippen LogP contribution in [-0.2, 0) is 5.41 Å². The maximum absolute atomic E-state index is 5.64. The van der Waals surface area contributed by atoms with Crippen molar-refractivity contribution in [3.8, 4) is 21.9 Å². The fraction of sp³-hybridized carbons (Fsp3) is 0.375. The summed E-state index contributed by atoms with van der Waals surface area (Å²) in [5.74, 6) is 1.71. The molecule has 0 saturated heterocycles. The fourth-order valence-corrected chi connectivity index (χ4v) is 3.15. The van der Waals surface area contributed by atoms with Gasteiger partial charge in [0.15, 0.2) is 11.5 Å². The molecular weight excluding hydrogens is 256 g/mol. The lowest BCUT2D eigenvalue weighted by atomic mass is 9.95. The summed E-state index contributed by atoms with van der Waals surface area (Å²) in [7, 11) is 0. The molecule has 0 radical (unpaired) electrons. The zero-order valence-electron chi connectivity index (χ0n) is 11.5. The Hall–Kier alpha value is -1.48. The van der Waals surface area contributed by atoms with E-state index in [2.05, 4.69) is 45.0 Å². The monoisotopic (exact) mass is 274 g/mol. The standard InChI is InChI=1S/C16H18O2S/c1-16(2,3)15-7-6-14(19-15)11-4-5-12-13(10-11)18-9-8-17-12/h4-7,10H,8-9H2,1-3H3. The second-order valence-corrected chi connectivity index (χ2v) is 6.86. The lowest BCUT2D eigenvalue weighted by Crippen LogP contribution is -2.15. The van der Waals surface area contributed by atoms with Crippen molar-refractivity contribution in [2.24, 2.45) is 0 Å². The van der Waals surface area contributed by atoms with E-state index in [4.69, 9.17) is 9.47 Å². The summed E-state index contributed by atoms with van der Waals surface area (Å²) in [4.78, 5) is 2.68. The first kappa shape index (κ1) is 12.5. The number of thiophene rings is 1. The van der Waals surface area contributed by atoms with Gasteiger partial charge in [0, 0.05) is 9.75 Å². The van der Waals surface area contributed by atoms with Crippen LogP contribution in [0.4, 0.5) is 0 Å². The molecular formula is C16H18O2S. The van der Waals surface area contributed by atoms with E-state index in [9.17, 15) is 0 Å². The molecule has 2 aromatic rings. The number of hydrogen-bond acceptors (Lipinski definition) is 3. The molecule has 3 heteroatoms. The van der Waals surface area contributed by atoms with Crippen molar-refractivity contribution in [3.63, 3.8) is 0 Å². The van der Waals surface area contributed by atoms with Crippen LogP contribution >= 0.6 is 11.3 Å². The number of rotatable bonds is 1. The van der Waals surface area contributed by atoms with Gasteiger partial charge in [0.1, 0.15) is 13.2 Å². The van der Waals surface area contributed by atoms with Crippen LogP contribution in [-0.4, -0.2) is 13.2 Å². The summed E-state index contributed by atoms with van der Waals surface area (Å²) >= 11 is 1.85. The Morgan fingerprint density at radius 2 is 1.68 bits per heavy atom. The lowest BCUT2D eigenvalue weighted by Gasteiger charge is -2.18. The van der Waals surface area contributed by atoms with Gasteiger partial charge in [-0.2, -0.15) is 0 Å². The molecule has 3 rings (SSSR count). The van der Waals surface area contributed by atoms with E-state index >= 15 is 0 Å². The largest absolute Gasteiger partial charge is 0.486 e. The quantitative estimate of drug-likeness (QED) is 0.763. The summed E-state index contributed by atoms with van der Waals surface area (Å²) in [5, 5.41) is 0. The number of fused-ring (bicyclic) bond motifs is 1. The second-order valence-electron chi connectivity index (χ2n) is 5.77. The Morgan fingerprint density at radius 1 is 0.947 bits per heavy atom. The van der Waals surface area contributed by atoms with Gasteiger partial charge in [0.05, 0.1) is 0 Å². The van der Waals surface area contributed by atoms with Gasteiger partial charge in [0.2, 0.25) is 0 Å². The van der Waals surface area contributed by atoms with Gasteiger partial charge >= 0.3 is 0 Å². The SMILES string of the molecule is CC(C)(C)c1ccc(-c2ccc3c(c2)OCCO3)s1. The normalized spacial score (nSPS) is 14.5. The Balaban J connectivity index is 1.96. The Labute approximate surface area is 118 Å². The van der Waals surface area contributed by atoms with Crippen LogP contribution in [0.3, 0.4) is 0 Å². The summed E-state index contributed by atoms with van der Waals surface area (Å²) < 4.78 is 11.2. The molecule has 0 amide bonds. The van der Waals surface area contributed by atoms with Crippen molar-refractivity contribution >= 4 is 11.3 Å². The highest BCUT2D eigenvalue weighted by Crippen LogP contribution is 2.39. The van der Waals surface area contributed by atoms with Crippen molar-refractivity contribution in [1.82, 2.24) is 0 Å². The van der Waals surface area contributed by atoms with Crippen molar-refractivity contribution in [1.29, 1.82) is 0 Å². The van der Waals surface area contributed by atoms with Crippen LogP contribution in [0.15, 0.2) is 30.3 Å². The van der Waals surface area contributed by atoms with Gasteiger partial charge in [-0.15, -0.1) is 11.3 Å². The first-order chi connectivity index (χ1) is 9.04. The Bertz CT molecular complexity index is 593. The highest BCUT2D eigenvalue weighted by atomic mass is 32.1. The molecule has 0 aliphatic carbocycles. The third-order valence-electron chi connectivity index (χ3n) is 3.17. The van der Waals surface area contributed by atoms with Crippen LogP contribution in [0.1, 0.15) is 25.6 Å². The van der Waals surface area contributed by atoms with Crippen LogP contribution in [0, 0.1) is 0 Å². The minimum atomic E-state index is 0.205. The molecule has 0 atom stereocenters. The molecule has 2 nitrogen and oxygen atoms in total. The number of hydrogen-bond donors (Lipinski definition) is 0. The predicted octanol–water partition coefficient (Wildman–Crippen LogP) is 4.48. The van der Waals surface area contributed by atoms with Crippen LogP contribution < -0.4 is 9.47 Å². The third kappa shape index (κ3) is 2.47. The van der Waals surface area contributed by atoms with Gasteiger partial charge in [0.25, 0.3) is 0 Å². The van der Waals surface area contributed by atoms with E-state index in [1.165, 1.54) is 15.3 Å². The minimum absolute atomic E-state index is 0.205. The van der Waals surface area contributed by atoms with Gasteiger partial charge in [-0.05, 0) is 41.3 Å². The van der Waals surface area contributed by atoms with E-state index in [-0.39, 0.29) is 5.41 Å². The van der Waals surface area contributed by atoms with Crippen LogP contribution in [0.25, 0.3) is 10.4 Å². The fourth-order valence-electron chi connectivity index (χ4n) is 2.09. The lowest BCUT2D eigenvalue weighted by molar-refractivity contribution is 0.171. The molecule has 100 valence electrons. The molecule has 0 saturated carbocycles. The molecule has 0 unspecified atom stereocenters. The van der Waals surface area contributed by atoms with Gasteiger partial charge < -0.3 is 9.47 Å². The average molecular weight is 274 g/mol. The molecule has 19 heavy (non-hydrogen) atoms. The molecule has 1 aliphatic rings. The minimum Gasteiger partial charge on any atom is -0.486 e. The van der Waals surface area contributed by atoms with Crippen molar-refractivity contribution in [3.05, 3.63) is 35.2 Å². The molecule has 0 N–H and O–H groups in total. The van der Waals surface area contributed by atoms with Gasteiger partial charge in [-0.1, -0.05) is 20.8 Å². The Morgan fingerprint density at radius 3 is 2.37 bits per heavy atom. The highest BCUT2D eigenvalue weighted by Gasteiger charge is 2.18. The number of ether oxygens (including phenoxy) is 2. The molecule has 0 bridgehead atoms. The second kappa shape index (κ2) is 4.57. The third-order valence-corrected chi connectivity index (χ3v) is 4.73. The zero-order chi connectivity index (χ0) is 13.5. The molecule has 1 aliphatic heterocycles. The topological polar surface area (TPSA) is 18.5 Å². The summed E-state index contributed by atoms with van der Waals surface area (Å²) in [6, 6.07) is 10.6. The van der Waals surface area contributed by atoms with Crippen molar-refractivity contribution in [2.45, 2.75) is 26.2 Å². The maximum Gasteiger partial charge on any atom is 0.162 e. The van der Waals surface area contributed by atoms with E-state index in [0.717, 1.165) is 11.5 Å². The predicted molar refractivity (Wildman–Crippen MR) is 79.4 cm³/mol. The van der Waals surface area contributed by atoms with Gasteiger partial charge in [-0.3, -0.25) is 0 Å². The van der Waals surface area contributed by atoms with Crippen molar-refractivity contribution < 1.29 is 9.47 Å². The molecule has 1 aromatic carbocycles. The van der Waals surface area contributed by atoms with E-state index in [1.54, 1.807) is 0 Å². The van der Waals surface area contributed by atoms with E-state index < -0.39 is 0 Å². The Kier molecular flexibility index (Phi) is 3.02. The van der Waals surface area contributed by atoms with Crippen LogP contribution in [0.5, 0.6) is 11.5 Å². The number of benzene rings is 1.